The average Bonchev–Trinajstić information content (AvgIpc) is 2.65. The first kappa shape index (κ1) is 18.8. The zero-order valence-corrected chi connectivity index (χ0v) is 16.0. The van der Waals surface area contributed by atoms with Crippen molar-refractivity contribution in [3.63, 3.8) is 0 Å². The summed E-state index contributed by atoms with van der Waals surface area (Å²) in [5, 5.41) is 7.00. The molecule has 1 atom stereocenters. The van der Waals surface area contributed by atoms with E-state index in [2.05, 4.69) is 21.6 Å². The van der Waals surface area contributed by atoms with Gasteiger partial charge in [0.15, 0.2) is 0 Å². The summed E-state index contributed by atoms with van der Waals surface area (Å²) in [5.41, 5.74) is 2.50. The summed E-state index contributed by atoms with van der Waals surface area (Å²) >= 11 is 12.1. The predicted octanol–water partition coefficient (Wildman–Crippen LogP) is 4.27. The molecular formula is C19H21Cl2N3O2. The minimum atomic E-state index is -0.440. The van der Waals surface area contributed by atoms with Crippen molar-refractivity contribution < 1.29 is 9.53 Å². The van der Waals surface area contributed by atoms with Crippen LogP contribution in [0.3, 0.4) is 0 Å². The number of carbonyl (C=O) groups is 1. The van der Waals surface area contributed by atoms with E-state index >= 15 is 0 Å². The summed E-state index contributed by atoms with van der Waals surface area (Å²) in [6, 6.07) is 12.6. The number of amides is 1. The maximum absolute atomic E-state index is 12.5. The van der Waals surface area contributed by atoms with Gasteiger partial charge in [0, 0.05) is 29.5 Å². The molecule has 3 rings (SSSR count). The molecule has 0 aromatic heterocycles. The molecule has 5 nitrogen and oxygen atoms in total. The fraction of sp³-hybridized carbons (Fsp3) is 0.316. The van der Waals surface area contributed by atoms with Crippen molar-refractivity contribution in [1.82, 2.24) is 0 Å². The van der Waals surface area contributed by atoms with Crippen LogP contribution in [-0.4, -0.2) is 38.3 Å². The molecule has 1 fully saturated rings. The van der Waals surface area contributed by atoms with Crippen LogP contribution in [0.25, 0.3) is 0 Å². The molecule has 1 amide bonds. The highest BCUT2D eigenvalue weighted by Gasteiger charge is 2.16. The van der Waals surface area contributed by atoms with Gasteiger partial charge in [-0.3, -0.25) is 4.79 Å². The summed E-state index contributed by atoms with van der Waals surface area (Å²) in [6.45, 7) is 5.00. The Balaban J connectivity index is 1.64. The minimum absolute atomic E-state index is 0.189. The van der Waals surface area contributed by atoms with Crippen molar-refractivity contribution in [3.8, 4) is 0 Å². The van der Waals surface area contributed by atoms with Crippen LogP contribution in [0.15, 0.2) is 42.5 Å². The van der Waals surface area contributed by atoms with Crippen LogP contribution in [0.5, 0.6) is 0 Å². The van der Waals surface area contributed by atoms with E-state index in [4.69, 9.17) is 27.9 Å². The van der Waals surface area contributed by atoms with Gasteiger partial charge in [0.05, 0.1) is 23.9 Å². The second kappa shape index (κ2) is 8.62. The summed E-state index contributed by atoms with van der Waals surface area (Å²) in [4.78, 5) is 14.7. The normalized spacial score (nSPS) is 15.4. The number of morpholine rings is 1. The molecule has 7 heteroatoms. The first-order chi connectivity index (χ1) is 12.5. The number of ether oxygens (including phenoxy) is 1. The second-order valence-corrected chi connectivity index (χ2v) is 6.97. The van der Waals surface area contributed by atoms with Crippen molar-refractivity contribution >= 4 is 46.2 Å². The number of hydrogen-bond donors (Lipinski definition) is 2. The molecule has 1 aliphatic heterocycles. The third kappa shape index (κ3) is 4.81. The zero-order chi connectivity index (χ0) is 18.5. The Morgan fingerprint density at radius 1 is 1.15 bits per heavy atom. The number of hydrogen-bond acceptors (Lipinski definition) is 4. The predicted molar refractivity (Wildman–Crippen MR) is 108 cm³/mol. The van der Waals surface area contributed by atoms with Crippen LogP contribution in [-0.2, 0) is 9.53 Å². The number of nitrogens with one attached hydrogen (secondary N) is 2. The Hall–Kier alpha value is -1.95. The lowest BCUT2D eigenvalue weighted by atomic mass is 10.2. The largest absolute Gasteiger partial charge is 0.378 e. The third-order valence-corrected chi connectivity index (χ3v) is 4.75. The van der Waals surface area contributed by atoms with Gasteiger partial charge in [-0.05, 0) is 43.3 Å². The highest BCUT2D eigenvalue weighted by atomic mass is 35.5. The number of nitrogens with zero attached hydrogens (tertiary/aromatic N) is 1. The Morgan fingerprint density at radius 3 is 2.69 bits per heavy atom. The van der Waals surface area contributed by atoms with E-state index < -0.39 is 6.04 Å². The summed E-state index contributed by atoms with van der Waals surface area (Å²) in [5.74, 6) is -0.189. The molecule has 138 valence electrons. The molecule has 0 spiro atoms. The third-order valence-electron chi connectivity index (χ3n) is 4.19. The number of benzene rings is 2. The summed E-state index contributed by atoms with van der Waals surface area (Å²) in [6.07, 6.45) is 0. The fourth-order valence-electron chi connectivity index (χ4n) is 2.76. The molecule has 0 radical (unpaired) electrons. The second-order valence-electron chi connectivity index (χ2n) is 6.13. The van der Waals surface area contributed by atoms with Crippen molar-refractivity contribution in [3.05, 3.63) is 52.5 Å². The maximum Gasteiger partial charge on any atom is 0.246 e. The van der Waals surface area contributed by atoms with E-state index in [1.165, 1.54) is 0 Å². The lowest BCUT2D eigenvalue weighted by Crippen LogP contribution is -2.36. The topological polar surface area (TPSA) is 53.6 Å². The molecule has 0 saturated carbocycles. The molecule has 1 aliphatic rings. The van der Waals surface area contributed by atoms with Gasteiger partial charge < -0.3 is 20.3 Å². The molecule has 1 unspecified atom stereocenters. The van der Waals surface area contributed by atoms with Crippen molar-refractivity contribution in [2.75, 3.05) is 41.8 Å². The van der Waals surface area contributed by atoms with E-state index in [1.807, 2.05) is 18.2 Å². The molecule has 26 heavy (non-hydrogen) atoms. The standard InChI is InChI=1S/C19H21Cl2N3O2/c1-13(19(25)23-18-11-14(20)5-6-17(18)21)22-15-3-2-4-16(12-15)24-7-9-26-10-8-24/h2-6,11-13,22H,7-10H2,1H3,(H,23,25). The van der Waals surface area contributed by atoms with E-state index in [0.29, 0.717) is 15.7 Å². The minimum Gasteiger partial charge on any atom is -0.378 e. The average molecular weight is 394 g/mol. The molecular weight excluding hydrogens is 373 g/mol. The SMILES string of the molecule is CC(Nc1cccc(N2CCOCC2)c1)C(=O)Nc1cc(Cl)ccc1Cl. The van der Waals surface area contributed by atoms with Crippen LogP contribution in [0.4, 0.5) is 17.1 Å². The zero-order valence-electron chi connectivity index (χ0n) is 14.5. The van der Waals surface area contributed by atoms with Crippen molar-refractivity contribution in [2.45, 2.75) is 13.0 Å². The molecule has 2 aromatic rings. The van der Waals surface area contributed by atoms with E-state index in [1.54, 1.807) is 25.1 Å². The maximum atomic E-state index is 12.5. The first-order valence-corrected chi connectivity index (χ1v) is 9.24. The van der Waals surface area contributed by atoms with Crippen LogP contribution in [0.1, 0.15) is 6.92 Å². The molecule has 1 heterocycles. The Labute approximate surface area is 163 Å². The van der Waals surface area contributed by atoms with E-state index in [0.717, 1.165) is 37.7 Å². The Bertz CT molecular complexity index is 779. The van der Waals surface area contributed by atoms with Gasteiger partial charge in [-0.15, -0.1) is 0 Å². The van der Waals surface area contributed by atoms with Gasteiger partial charge in [-0.2, -0.15) is 0 Å². The van der Waals surface area contributed by atoms with Gasteiger partial charge in [0.2, 0.25) is 5.91 Å². The Morgan fingerprint density at radius 2 is 1.92 bits per heavy atom. The monoisotopic (exact) mass is 393 g/mol. The fourth-order valence-corrected chi connectivity index (χ4v) is 3.10. The number of carbonyl (C=O) groups excluding carboxylic acids is 1. The van der Waals surface area contributed by atoms with E-state index in [9.17, 15) is 4.79 Å². The molecule has 1 saturated heterocycles. The van der Waals surface area contributed by atoms with Crippen molar-refractivity contribution in [1.29, 1.82) is 0 Å². The lowest BCUT2D eigenvalue weighted by Gasteiger charge is -2.29. The van der Waals surface area contributed by atoms with Crippen LogP contribution in [0.2, 0.25) is 10.0 Å². The molecule has 0 aliphatic carbocycles. The first-order valence-electron chi connectivity index (χ1n) is 8.48. The van der Waals surface area contributed by atoms with Gasteiger partial charge in [-0.25, -0.2) is 0 Å². The van der Waals surface area contributed by atoms with E-state index in [-0.39, 0.29) is 5.91 Å². The molecule has 0 bridgehead atoms. The molecule has 2 aromatic carbocycles. The van der Waals surface area contributed by atoms with Crippen LogP contribution < -0.4 is 15.5 Å². The highest BCUT2D eigenvalue weighted by Crippen LogP contribution is 2.26. The molecule has 2 N–H and O–H groups in total. The quantitative estimate of drug-likeness (QED) is 0.796. The lowest BCUT2D eigenvalue weighted by molar-refractivity contribution is -0.116. The summed E-state index contributed by atoms with van der Waals surface area (Å²) in [7, 11) is 0. The summed E-state index contributed by atoms with van der Waals surface area (Å²) < 4.78 is 5.39. The van der Waals surface area contributed by atoms with Gasteiger partial charge >= 0.3 is 0 Å². The van der Waals surface area contributed by atoms with Crippen LogP contribution in [0, 0.1) is 0 Å². The number of rotatable bonds is 5. The van der Waals surface area contributed by atoms with Gasteiger partial charge in [0.25, 0.3) is 0 Å². The van der Waals surface area contributed by atoms with Gasteiger partial charge in [0.1, 0.15) is 6.04 Å². The van der Waals surface area contributed by atoms with Crippen LogP contribution >= 0.6 is 23.2 Å². The highest BCUT2D eigenvalue weighted by molar-refractivity contribution is 6.35. The van der Waals surface area contributed by atoms with Gasteiger partial charge in [-0.1, -0.05) is 29.3 Å². The number of anilines is 3. The smallest absolute Gasteiger partial charge is 0.246 e. The van der Waals surface area contributed by atoms with Crippen molar-refractivity contribution in [2.24, 2.45) is 0 Å². The Kier molecular flexibility index (Phi) is 6.25. The number of halogens is 2.